The maximum Gasteiger partial charge on any atom is 0.329 e. The van der Waals surface area contributed by atoms with Gasteiger partial charge in [0.25, 0.3) is 5.96 Å². The van der Waals surface area contributed by atoms with Crippen molar-refractivity contribution < 1.29 is 19.4 Å². The van der Waals surface area contributed by atoms with Gasteiger partial charge in [0.1, 0.15) is 12.6 Å². The van der Waals surface area contributed by atoms with Gasteiger partial charge in [-0.1, -0.05) is 42.7 Å². The molecule has 1 aliphatic rings. The van der Waals surface area contributed by atoms with E-state index in [-0.39, 0.29) is 25.0 Å². The molecular formula is C20H30N6O5. The Balaban J connectivity index is 1.90. The molecule has 1 aliphatic heterocycles. The van der Waals surface area contributed by atoms with Crippen LogP contribution in [0.15, 0.2) is 35.3 Å². The highest BCUT2D eigenvalue weighted by atomic mass is 16.7. The number of nitrogens with two attached hydrogens (primary N) is 2. The van der Waals surface area contributed by atoms with Crippen LogP contribution < -0.4 is 16.9 Å². The van der Waals surface area contributed by atoms with Crippen molar-refractivity contribution in [2.75, 3.05) is 13.1 Å². The molecule has 0 radical (unpaired) electrons. The number of hydrazine groups is 1. The molecule has 1 aromatic carbocycles. The molecule has 1 saturated heterocycles. The van der Waals surface area contributed by atoms with Crippen LogP contribution >= 0.6 is 0 Å². The van der Waals surface area contributed by atoms with Gasteiger partial charge in [-0.25, -0.2) is 19.9 Å². The van der Waals surface area contributed by atoms with Crippen LogP contribution in [0.1, 0.15) is 38.2 Å². The molecule has 2 rings (SSSR count). The SMILES string of the molecule is C[C@@H]1CCN(C(=O)C(N)CCCN=C(N)N[N+](=O)[O-])[C@H](C(=O)OCc2ccccc2)C1. The maximum absolute atomic E-state index is 12.9. The van der Waals surface area contributed by atoms with E-state index in [9.17, 15) is 19.7 Å². The topological polar surface area (TPSA) is 166 Å². The Hall–Kier alpha value is -3.21. The van der Waals surface area contributed by atoms with E-state index in [4.69, 9.17) is 16.2 Å². The van der Waals surface area contributed by atoms with Crippen LogP contribution in [0.25, 0.3) is 0 Å². The zero-order chi connectivity index (χ0) is 22.8. The Bertz CT molecular complexity index is 788. The molecule has 1 fully saturated rings. The van der Waals surface area contributed by atoms with Crippen molar-refractivity contribution in [3.63, 3.8) is 0 Å². The third-order valence-electron chi connectivity index (χ3n) is 5.12. The van der Waals surface area contributed by atoms with E-state index < -0.39 is 23.1 Å². The highest BCUT2D eigenvalue weighted by molar-refractivity contribution is 5.87. The normalized spacial score (nSPS) is 20.1. The van der Waals surface area contributed by atoms with Crippen LogP contribution in [0.2, 0.25) is 0 Å². The molecule has 1 unspecified atom stereocenters. The summed E-state index contributed by atoms with van der Waals surface area (Å²) >= 11 is 0. The first kappa shape index (κ1) is 24.1. The second-order valence-electron chi connectivity index (χ2n) is 7.65. The Morgan fingerprint density at radius 1 is 1.39 bits per heavy atom. The van der Waals surface area contributed by atoms with Gasteiger partial charge in [0, 0.05) is 13.1 Å². The molecule has 3 atom stereocenters. The van der Waals surface area contributed by atoms with Gasteiger partial charge < -0.3 is 21.1 Å². The fourth-order valence-corrected chi connectivity index (χ4v) is 3.43. The number of benzene rings is 1. The lowest BCUT2D eigenvalue weighted by Gasteiger charge is -2.38. The number of nitrogens with zero attached hydrogens (tertiary/aromatic N) is 3. The Morgan fingerprint density at radius 3 is 2.77 bits per heavy atom. The van der Waals surface area contributed by atoms with Crippen molar-refractivity contribution in [3.05, 3.63) is 46.0 Å². The van der Waals surface area contributed by atoms with Crippen LogP contribution in [-0.2, 0) is 20.9 Å². The second kappa shape index (κ2) is 11.8. The first-order valence-corrected chi connectivity index (χ1v) is 10.3. The smallest absolute Gasteiger partial charge is 0.329 e. The van der Waals surface area contributed by atoms with E-state index >= 15 is 0 Å². The minimum absolute atomic E-state index is 0.149. The van der Waals surface area contributed by atoms with Gasteiger partial charge in [0.05, 0.1) is 6.04 Å². The lowest BCUT2D eigenvalue weighted by molar-refractivity contribution is -0.525. The number of hydrogen-bond acceptors (Lipinski definition) is 7. The number of amides is 1. The molecule has 5 N–H and O–H groups in total. The highest BCUT2D eigenvalue weighted by Gasteiger charge is 2.37. The lowest BCUT2D eigenvalue weighted by Crippen LogP contribution is -2.55. The van der Waals surface area contributed by atoms with Crippen molar-refractivity contribution >= 4 is 17.8 Å². The van der Waals surface area contributed by atoms with Crippen LogP contribution in [0.4, 0.5) is 0 Å². The zero-order valence-electron chi connectivity index (χ0n) is 17.6. The second-order valence-corrected chi connectivity index (χ2v) is 7.65. The average molecular weight is 434 g/mol. The minimum atomic E-state index is -0.808. The molecule has 0 bridgehead atoms. The summed E-state index contributed by atoms with van der Waals surface area (Å²) in [6.45, 7) is 2.82. The molecule has 0 aliphatic carbocycles. The fraction of sp³-hybridized carbons (Fsp3) is 0.550. The van der Waals surface area contributed by atoms with E-state index in [0.717, 1.165) is 12.0 Å². The predicted molar refractivity (Wildman–Crippen MR) is 114 cm³/mol. The minimum Gasteiger partial charge on any atom is -0.459 e. The van der Waals surface area contributed by atoms with Crippen molar-refractivity contribution in [3.8, 4) is 0 Å². The average Bonchev–Trinajstić information content (AvgIpc) is 2.74. The van der Waals surface area contributed by atoms with E-state index in [1.165, 1.54) is 4.90 Å². The standard InChI is InChI=1S/C20H30N6O5/c1-14-9-11-25(17(12-14)19(28)31-13-15-6-3-2-4-7-15)18(27)16(21)8-5-10-23-20(22)24-26(29)30/h2-4,6-7,14,16-17H,5,8-13,21H2,1H3,(H3,22,23,24)/t14-,16?,17+/m1/s1. The summed E-state index contributed by atoms with van der Waals surface area (Å²) in [5.74, 6) is -0.759. The summed E-state index contributed by atoms with van der Waals surface area (Å²) in [5, 5.41) is 9.47. The third kappa shape index (κ3) is 7.85. The van der Waals surface area contributed by atoms with Gasteiger partial charge in [0.15, 0.2) is 5.03 Å². The number of aliphatic imine (C=N–C) groups is 1. The third-order valence-corrected chi connectivity index (χ3v) is 5.12. The molecule has 31 heavy (non-hydrogen) atoms. The molecule has 11 heteroatoms. The molecule has 170 valence electrons. The van der Waals surface area contributed by atoms with Crippen molar-refractivity contribution in [2.24, 2.45) is 22.4 Å². The Labute approximate surface area is 180 Å². The summed E-state index contributed by atoms with van der Waals surface area (Å²) in [5.41, 5.74) is 14.0. The van der Waals surface area contributed by atoms with Crippen LogP contribution in [0.3, 0.4) is 0 Å². The number of nitrogens with one attached hydrogen (secondary N) is 1. The van der Waals surface area contributed by atoms with Crippen LogP contribution in [-0.4, -0.2) is 52.9 Å². The lowest BCUT2D eigenvalue weighted by atomic mass is 9.91. The number of carbonyl (C=O) groups excluding carboxylic acids is 2. The highest BCUT2D eigenvalue weighted by Crippen LogP contribution is 2.25. The molecule has 0 saturated carbocycles. The van der Waals surface area contributed by atoms with Gasteiger partial charge in [-0.2, -0.15) is 0 Å². The number of carbonyl (C=O) groups is 2. The number of esters is 1. The quantitative estimate of drug-likeness (QED) is 0.127. The summed E-state index contributed by atoms with van der Waals surface area (Å²) in [6, 6.07) is 7.88. The van der Waals surface area contributed by atoms with E-state index in [2.05, 4.69) is 4.99 Å². The van der Waals surface area contributed by atoms with Gasteiger partial charge in [-0.3, -0.25) is 4.79 Å². The molecule has 1 heterocycles. The molecule has 1 amide bonds. The van der Waals surface area contributed by atoms with Gasteiger partial charge in [-0.15, -0.1) is 0 Å². The number of ether oxygens (including phenoxy) is 1. The summed E-state index contributed by atoms with van der Waals surface area (Å²) in [7, 11) is 0. The molecule has 0 aromatic heterocycles. The Morgan fingerprint density at radius 2 is 2.10 bits per heavy atom. The first-order chi connectivity index (χ1) is 14.8. The van der Waals surface area contributed by atoms with E-state index in [1.807, 2.05) is 37.3 Å². The number of rotatable bonds is 9. The van der Waals surface area contributed by atoms with Crippen LogP contribution in [0.5, 0.6) is 0 Å². The van der Waals surface area contributed by atoms with Gasteiger partial charge in [-0.05, 0) is 37.2 Å². The zero-order valence-corrected chi connectivity index (χ0v) is 17.6. The van der Waals surface area contributed by atoms with E-state index in [0.29, 0.717) is 31.7 Å². The number of piperidine rings is 1. The number of guanidine groups is 1. The van der Waals surface area contributed by atoms with Gasteiger partial charge >= 0.3 is 5.97 Å². The monoisotopic (exact) mass is 434 g/mol. The number of hydrogen-bond donors (Lipinski definition) is 3. The summed E-state index contributed by atoms with van der Waals surface area (Å²) in [6.07, 6.45) is 2.04. The van der Waals surface area contributed by atoms with Crippen molar-refractivity contribution in [1.82, 2.24) is 10.3 Å². The molecule has 1 aromatic rings. The molecule has 0 spiro atoms. The summed E-state index contributed by atoms with van der Waals surface area (Å²) in [4.78, 5) is 41.2. The number of likely N-dealkylation sites (tertiary alicyclic amines) is 1. The predicted octanol–water partition coefficient (Wildman–Crippen LogP) is 0.560. The summed E-state index contributed by atoms with van der Waals surface area (Å²) < 4.78 is 5.47. The van der Waals surface area contributed by atoms with Crippen LogP contribution in [0, 0.1) is 16.0 Å². The van der Waals surface area contributed by atoms with Crippen molar-refractivity contribution in [1.29, 1.82) is 0 Å². The fourth-order valence-electron chi connectivity index (χ4n) is 3.43. The largest absolute Gasteiger partial charge is 0.459 e. The number of nitro groups is 1. The Kier molecular flexibility index (Phi) is 9.19. The van der Waals surface area contributed by atoms with E-state index in [1.54, 1.807) is 5.43 Å². The molecule has 11 nitrogen and oxygen atoms in total. The molecular weight excluding hydrogens is 404 g/mol. The first-order valence-electron chi connectivity index (χ1n) is 10.3. The van der Waals surface area contributed by atoms with Crippen molar-refractivity contribution in [2.45, 2.75) is 51.3 Å². The maximum atomic E-state index is 12.9. The van der Waals surface area contributed by atoms with Gasteiger partial charge in [0.2, 0.25) is 5.91 Å².